The Balaban J connectivity index is 0.729. The van der Waals surface area contributed by atoms with Gasteiger partial charge in [0, 0.05) is 172 Å². The molecule has 34 rings (SSSR count). The minimum absolute atomic E-state index is 1.21. The molecule has 0 aliphatic carbocycles. The molecular weight excluding hydrogens is 1410 g/mol. The first kappa shape index (κ1) is 55.7. The maximum atomic E-state index is 2.74. The number of nitrogens with zero attached hydrogens (tertiary/aromatic N) is 8. The summed E-state index contributed by atoms with van der Waals surface area (Å²) in [5.41, 5.74) is 32.5. The molecule has 34 aromatic rings. The number of hydrogen-bond donors (Lipinski definition) is 0. The van der Waals surface area contributed by atoms with Crippen molar-refractivity contribution in [2.24, 2.45) is 0 Å². The zero-order valence-corrected chi connectivity index (χ0v) is 61.4. The van der Waals surface area contributed by atoms with Crippen molar-refractivity contribution in [2.75, 3.05) is 0 Å². The average molecular weight is 1460 g/mol. The van der Waals surface area contributed by atoms with Crippen molar-refractivity contribution in [3.63, 3.8) is 0 Å². The third kappa shape index (κ3) is 5.54. The van der Waals surface area contributed by atoms with Crippen molar-refractivity contribution < 1.29 is 0 Å². The highest BCUT2D eigenvalue weighted by molar-refractivity contribution is 6.43. The quantitative estimate of drug-likeness (QED) is 0.157. The lowest BCUT2D eigenvalue weighted by atomic mass is 9.92. The Bertz CT molecular complexity index is 10800. The van der Waals surface area contributed by atoms with E-state index in [2.05, 4.69) is 339 Å². The first-order chi connectivity index (χ1) is 57.7. The van der Waals surface area contributed by atoms with Crippen LogP contribution in [0.3, 0.4) is 0 Å². The van der Waals surface area contributed by atoms with Crippen molar-refractivity contribution in [1.29, 1.82) is 0 Å². The van der Waals surface area contributed by atoms with E-state index in [1.165, 1.54) is 316 Å². The Hall–Kier alpha value is -15.6. The summed E-state index contributed by atoms with van der Waals surface area (Å²) in [7, 11) is 0. The van der Waals surface area contributed by atoms with E-state index >= 15 is 0 Å². The molecular formula is C108H50N8. The van der Waals surface area contributed by atoms with Crippen molar-refractivity contribution in [3.05, 3.63) is 303 Å². The summed E-state index contributed by atoms with van der Waals surface area (Å²) in [6.45, 7) is 0. The third-order valence-corrected chi connectivity index (χ3v) is 29.4. The summed E-state index contributed by atoms with van der Waals surface area (Å²) in [6, 6.07) is 118. The van der Waals surface area contributed by atoms with Gasteiger partial charge in [-0.3, -0.25) is 0 Å². The van der Waals surface area contributed by atoms with Crippen LogP contribution in [-0.2, 0) is 0 Å². The SMILES string of the molecule is c1ccc2c(c1)c1cccc3c4c(ccc5c6cccc7c8cc9c(cc8n(c76)c54)c4cccc5c6c(-c7ccc8c%10cc%11c(cc%10n%10c8c7c7ccc8c%12cccc%13c%14ccccc%14n(c%13%12)c8c7%10)c7cccc8c%10ccc%12c%13cccc%14c%15ccccc%15n(c%14%13)c%12c%10n%11c78)cc7c(c8cccc%10c%11ccccc%11n7c%108)c6n9c45)n2c13. The van der Waals surface area contributed by atoms with E-state index in [0.29, 0.717) is 0 Å². The maximum absolute atomic E-state index is 2.74. The highest BCUT2D eigenvalue weighted by Crippen LogP contribution is 2.58. The van der Waals surface area contributed by atoms with Gasteiger partial charge in [-0.1, -0.05) is 243 Å². The molecule has 16 heterocycles. The molecule has 0 N–H and O–H groups in total. The van der Waals surface area contributed by atoms with Gasteiger partial charge in [0.15, 0.2) is 0 Å². The van der Waals surface area contributed by atoms with Crippen LogP contribution in [0.4, 0.5) is 0 Å². The number of aromatic nitrogens is 8. The fourth-order valence-corrected chi connectivity index (χ4v) is 25.4. The standard InChI is InChI=1S/C108H50N8/c1-5-34-81-51(16-1)58-22-13-32-73-93-85(109(81)99(58)73)45-44-67-60-24-11-28-64-76-47-88-78(46-86(76)113(97(60)64)103(67)93)66-30-15-31-72-92-80(50-90-94(108(92)115(88)101(66)72)74-33-14-23-59-52-17-2-6-35-82(52)110(90)100(59)74)55-38-39-71-79-49-87-77(48-89(79)116-102(71)91(55)75-43-42-70-62-26-10-21-57-54-19-4-8-37-84(54)112(96(57)62)106(70)107(75)116)65-29-12-27-63-69-41-40-68-61-25-9-20-56-53-18-3-7-36-83(53)111(95(56)61)104(68)105(69)114(87)98(63)65/h1-50H. The molecule has 116 heavy (non-hydrogen) atoms. The van der Waals surface area contributed by atoms with E-state index in [1.807, 2.05) is 0 Å². The lowest BCUT2D eigenvalue weighted by Gasteiger charge is -2.12. The fraction of sp³-hybridized carbons (Fsp3) is 0. The Morgan fingerprint density at radius 2 is 0.336 bits per heavy atom. The molecule has 8 heteroatoms. The number of benzene rings is 18. The number of fused-ring (bicyclic) bond motifs is 52. The number of hydrogen-bond acceptors (Lipinski definition) is 0. The van der Waals surface area contributed by atoms with E-state index in [0.717, 1.165) is 0 Å². The van der Waals surface area contributed by atoms with E-state index in [9.17, 15) is 0 Å². The topological polar surface area (TPSA) is 35.3 Å². The molecule has 0 aliphatic rings. The molecule has 0 saturated carbocycles. The Morgan fingerprint density at radius 3 is 0.784 bits per heavy atom. The molecule has 0 atom stereocenters. The van der Waals surface area contributed by atoms with Gasteiger partial charge < -0.3 is 35.2 Å². The summed E-state index contributed by atoms with van der Waals surface area (Å²) in [6.07, 6.45) is 0. The van der Waals surface area contributed by atoms with Gasteiger partial charge in [0.25, 0.3) is 0 Å². The highest BCUT2D eigenvalue weighted by atomic mass is 15.0. The molecule has 0 fully saturated rings. The highest BCUT2D eigenvalue weighted by Gasteiger charge is 2.35. The van der Waals surface area contributed by atoms with E-state index in [4.69, 9.17) is 0 Å². The van der Waals surface area contributed by atoms with Crippen LogP contribution >= 0.6 is 0 Å². The lowest BCUT2D eigenvalue weighted by molar-refractivity contribution is 1.33. The lowest BCUT2D eigenvalue weighted by Crippen LogP contribution is -1.89. The van der Waals surface area contributed by atoms with Gasteiger partial charge in [-0.05, 0) is 71.8 Å². The van der Waals surface area contributed by atoms with Gasteiger partial charge in [-0.2, -0.15) is 0 Å². The average Bonchev–Trinajstić information content (AvgIpc) is 1.49. The summed E-state index contributed by atoms with van der Waals surface area (Å²) in [5.74, 6) is 0. The summed E-state index contributed by atoms with van der Waals surface area (Å²) >= 11 is 0. The first-order valence-corrected chi connectivity index (χ1v) is 40.7. The molecule has 0 saturated heterocycles. The molecule has 0 radical (unpaired) electrons. The zero-order valence-electron chi connectivity index (χ0n) is 61.4. The Morgan fingerprint density at radius 1 is 0.103 bits per heavy atom. The second-order valence-electron chi connectivity index (χ2n) is 33.9. The van der Waals surface area contributed by atoms with Gasteiger partial charge in [0.1, 0.15) is 0 Å². The third-order valence-electron chi connectivity index (χ3n) is 29.4. The minimum atomic E-state index is 1.21. The van der Waals surface area contributed by atoms with Crippen molar-refractivity contribution in [1.82, 2.24) is 35.2 Å². The van der Waals surface area contributed by atoms with Crippen molar-refractivity contribution in [2.45, 2.75) is 0 Å². The Kier molecular flexibility index (Phi) is 8.55. The summed E-state index contributed by atoms with van der Waals surface area (Å²) in [5, 5.41) is 40.9. The number of rotatable bonds is 1. The van der Waals surface area contributed by atoms with E-state index in [1.54, 1.807) is 0 Å². The molecule has 0 bridgehead atoms. The van der Waals surface area contributed by atoms with E-state index < -0.39 is 0 Å². The summed E-state index contributed by atoms with van der Waals surface area (Å²) < 4.78 is 21.2. The van der Waals surface area contributed by atoms with Crippen LogP contribution in [-0.4, -0.2) is 35.2 Å². The van der Waals surface area contributed by atoms with Crippen LogP contribution in [0.25, 0.3) is 316 Å². The van der Waals surface area contributed by atoms with Gasteiger partial charge in [-0.15, -0.1) is 0 Å². The summed E-state index contributed by atoms with van der Waals surface area (Å²) in [4.78, 5) is 0. The largest absolute Gasteiger partial charge is 0.308 e. The maximum Gasteiger partial charge on any atom is 0.0789 e. The zero-order chi connectivity index (χ0) is 73.5. The molecule has 522 valence electrons. The second-order valence-corrected chi connectivity index (χ2v) is 33.9. The van der Waals surface area contributed by atoms with Crippen LogP contribution in [0.5, 0.6) is 0 Å². The van der Waals surface area contributed by atoms with Crippen LogP contribution < -0.4 is 0 Å². The Labute approximate surface area is 650 Å². The molecule has 18 aromatic carbocycles. The second kappa shape index (κ2) is 17.8. The monoisotopic (exact) mass is 1460 g/mol. The van der Waals surface area contributed by atoms with Crippen LogP contribution in [0.2, 0.25) is 0 Å². The van der Waals surface area contributed by atoms with Crippen molar-refractivity contribution >= 4 is 305 Å². The van der Waals surface area contributed by atoms with Gasteiger partial charge in [0.05, 0.1) is 132 Å². The molecule has 0 spiro atoms. The minimum Gasteiger partial charge on any atom is -0.308 e. The molecule has 0 unspecified atom stereocenters. The van der Waals surface area contributed by atoms with E-state index in [-0.39, 0.29) is 0 Å². The predicted molar refractivity (Wildman–Crippen MR) is 489 cm³/mol. The van der Waals surface area contributed by atoms with Gasteiger partial charge >= 0.3 is 0 Å². The molecule has 16 aromatic heterocycles. The van der Waals surface area contributed by atoms with Gasteiger partial charge in [-0.25, -0.2) is 0 Å². The smallest absolute Gasteiger partial charge is 0.0789 e. The van der Waals surface area contributed by atoms with Crippen LogP contribution in [0.15, 0.2) is 303 Å². The normalized spacial score (nSPS) is 13.7. The molecule has 0 aliphatic heterocycles. The predicted octanol–water partition coefficient (Wildman–Crippen LogP) is 28.6. The van der Waals surface area contributed by atoms with Crippen LogP contribution in [0.1, 0.15) is 0 Å². The van der Waals surface area contributed by atoms with Gasteiger partial charge in [0.2, 0.25) is 0 Å². The number of para-hydroxylation sites is 11. The fourth-order valence-electron chi connectivity index (χ4n) is 25.4. The molecule has 8 nitrogen and oxygen atoms in total. The molecule has 0 amide bonds. The van der Waals surface area contributed by atoms with Crippen molar-refractivity contribution in [3.8, 4) is 11.1 Å². The first-order valence-electron chi connectivity index (χ1n) is 40.7. The van der Waals surface area contributed by atoms with Crippen LogP contribution in [0, 0.1) is 0 Å².